The third-order valence-corrected chi connectivity index (χ3v) is 2.57. The summed E-state index contributed by atoms with van der Waals surface area (Å²) in [5.74, 6) is 0. The molecule has 0 aromatic carbocycles. The first-order valence-electron chi connectivity index (χ1n) is 5.54. The maximum absolute atomic E-state index is 8.67. The van der Waals surface area contributed by atoms with Gasteiger partial charge in [-0.3, -0.25) is 0 Å². The Morgan fingerprint density at radius 1 is 1.53 bits per heavy atom. The van der Waals surface area contributed by atoms with Crippen molar-refractivity contribution in [2.75, 3.05) is 0 Å². The SMILES string of the molecule is C=C/C(=C\C(=C)C#N)CC[n+]1ccccc1C. The van der Waals surface area contributed by atoms with E-state index < -0.39 is 0 Å². The van der Waals surface area contributed by atoms with Gasteiger partial charge in [0.05, 0.1) is 6.07 Å². The van der Waals surface area contributed by atoms with Crippen molar-refractivity contribution in [2.45, 2.75) is 19.9 Å². The largest absolute Gasteiger partial charge is 0.202 e. The molecule has 1 rings (SSSR count). The van der Waals surface area contributed by atoms with Crippen molar-refractivity contribution in [1.29, 1.82) is 5.26 Å². The van der Waals surface area contributed by atoms with Crippen LogP contribution in [0.15, 0.2) is 60.9 Å². The molecule has 1 aromatic heterocycles. The predicted octanol–water partition coefficient (Wildman–Crippen LogP) is 2.86. The van der Waals surface area contributed by atoms with E-state index in [2.05, 4.69) is 36.9 Å². The second-order valence-corrected chi connectivity index (χ2v) is 3.85. The molecule has 2 nitrogen and oxygen atoms in total. The van der Waals surface area contributed by atoms with Gasteiger partial charge >= 0.3 is 0 Å². The molecule has 0 aliphatic carbocycles. The highest BCUT2D eigenvalue weighted by atomic mass is 14.9. The molecule has 17 heavy (non-hydrogen) atoms. The van der Waals surface area contributed by atoms with Gasteiger partial charge in [-0.05, 0) is 11.6 Å². The van der Waals surface area contributed by atoms with Gasteiger partial charge in [-0.2, -0.15) is 5.26 Å². The Labute approximate surface area is 103 Å². The predicted molar refractivity (Wildman–Crippen MR) is 69.0 cm³/mol. The first kappa shape index (κ1) is 12.9. The zero-order valence-corrected chi connectivity index (χ0v) is 10.2. The number of pyridine rings is 1. The van der Waals surface area contributed by atoms with Crippen molar-refractivity contribution in [3.05, 3.63) is 66.5 Å². The van der Waals surface area contributed by atoms with Crippen LogP contribution >= 0.6 is 0 Å². The molecule has 0 N–H and O–H groups in total. The number of rotatable bonds is 5. The van der Waals surface area contributed by atoms with E-state index in [1.165, 1.54) is 5.69 Å². The van der Waals surface area contributed by atoms with Crippen LogP contribution in [0.25, 0.3) is 0 Å². The fourth-order valence-corrected chi connectivity index (χ4v) is 1.55. The zero-order chi connectivity index (χ0) is 12.7. The summed E-state index contributed by atoms with van der Waals surface area (Å²) in [6, 6.07) is 8.12. The standard InChI is InChI=1S/C15H17N2/c1-4-15(11-13(2)12-16)8-10-17-9-6-5-7-14(17)3/h4-7,9,11H,1-2,8,10H2,3H3/q+1/b15-11+. The Hall–Kier alpha value is -2.14. The lowest BCUT2D eigenvalue weighted by Gasteiger charge is -2.01. The minimum Gasteiger partial charge on any atom is -0.202 e. The lowest BCUT2D eigenvalue weighted by molar-refractivity contribution is -0.702. The first-order valence-corrected chi connectivity index (χ1v) is 5.54. The molecule has 0 atom stereocenters. The summed E-state index contributed by atoms with van der Waals surface area (Å²) in [4.78, 5) is 0. The summed E-state index contributed by atoms with van der Waals surface area (Å²) in [5.41, 5.74) is 2.72. The fraction of sp³-hybridized carbons (Fsp3) is 0.200. The Morgan fingerprint density at radius 3 is 2.88 bits per heavy atom. The number of nitrogens with zero attached hydrogens (tertiary/aromatic N) is 2. The van der Waals surface area contributed by atoms with Gasteiger partial charge in [-0.15, -0.1) is 0 Å². The molecule has 0 unspecified atom stereocenters. The second-order valence-electron chi connectivity index (χ2n) is 3.85. The molecule has 1 aromatic rings. The number of allylic oxidation sites excluding steroid dienone is 4. The molecule has 0 bridgehead atoms. The number of aryl methyl sites for hydroxylation is 2. The molecule has 0 aliphatic heterocycles. The molecule has 2 heteroatoms. The van der Waals surface area contributed by atoms with Crippen LogP contribution in [-0.4, -0.2) is 0 Å². The quantitative estimate of drug-likeness (QED) is 0.430. The monoisotopic (exact) mass is 225 g/mol. The van der Waals surface area contributed by atoms with Crippen molar-refractivity contribution in [3.8, 4) is 6.07 Å². The third-order valence-electron chi connectivity index (χ3n) is 2.57. The molecule has 86 valence electrons. The number of hydrogen-bond acceptors (Lipinski definition) is 1. The summed E-state index contributed by atoms with van der Waals surface area (Å²) in [5, 5.41) is 8.67. The second kappa shape index (κ2) is 6.44. The maximum atomic E-state index is 8.67. The summed E-state index contributed by atoms with van der Waals surface area (Å²) in [6.07, 6.45) is 6.46. The molecule has 0 amide bonds. The summed E-state index contributed by atoms with van der Waals surface area (Å²) in [7, 11) is 0. The van der Waals surface area contributed by atoms with Crippen LogP contribution in [0.3, 0.4) is 0 Å². The Bertz CT molecular complexity index is 490. The van der Waals surface area contributed by atoms with Gasteiger partial charge in [-0.25, -0.2) is 4.57 Å². The van der Waals surface area contributed by atoms with Crippen LogP contribution in [-0.2, 0) is 6.54 Å². The van der Waals surface area contributed by atoms with Crippen molar-refractivity contribution < 1.29 is 4.57 Å². The average Bonchev–Trinajstić information content (AvgIpc) is 2.35. The van der Waals surface area contributed by atoms with Gasteiger partial charge in [0, 0.05) is 31.1 Å². The minimum absolute atomic E-state index is 0.467. The van der Waals surface area contributed by atoms with Gasteiger partial charge in [0.1, 0.15) is 0 Å². The lowest BCUT2D eigenvalue weighted by atomic mass is 10.1. The Morgan fingerprint density at radius 2 is 2.29 bits per heavy atom. The number of hydrogen-bond donors (Lipinski definition) is 0. The minimum atomic E-state index is 0.467. The van der Waals surface area contributed by atoms with Crippen LogP contribution in [0.1, 0.15) is 12.1 Å². The normalized spacial score (nSPS) is 10.7. The van der Waals surface area contributed by atoms with Crippen molar-refractivity contribution in [2.24, 2.45) is 0 Å². The van der Waals surface area contributed by atoms with Crippen LogP contribution in [0.4, 0.5) is 0 Å². The molecule has 0 spiro atoms. The van der Waals surface area contributed by atoms with E-state index >= 15 is 0 Å². The number of nitriles is 1. The van der Waals surface area contributed by atoms with Gasteiger partial charge in [0.15, 0.2) is 18.4 Å². The highest BCUT2D eigenvalue weighted by molar-refractivity contribution is 5.35. The van der Waals surface area contributed by atoms with E-state index in [9.17, 15) is 0 Å². The molecule has 0 saturated carbocycles. The molecule has 0 radical (unpaired) electrons. The van der Waals surface area contributed by atoms with Crippen LogP contribution in [0, 0.1) is 18.3 Å². The zero-order valence-electron chi connectivity index (χ0n) is 10.2. The van der Waals surface area contributed by atoms with E-state index in [1.807, 2.05) is 18.2 Å². The fourth-order valence-electron chi connectivity index (χ4n) is 1.55. The van der Waals surface area contributed by atoms with E-state index in [0.29, 0.717) is 5.57 Å². The van der Waals surface area contributed by atoms with E-state index in [-0.39, 0.29) is 0 Å². The van der Waals surface area contributed by atoms with Gasteiger partial charge in [-0.1, -0.05) is 25.3 Å². The summed E-state index contributed by atoms with van der Waals surface area (Å²) >= 11 is 0. The van der Waals surface area contributed by atoms with Gasteiger partial charge in [0.2, 0.25) is 0 Å². The molecule has 0 saturated heterocycles. The van der Waals surface area contributed by atoms with Crippen LogP contribution in [0.2, 0.25) is 0 Å². The van der Waals surface area contributed by atoms with Crippen LogP contribution < -0.4 is 4.57 Å². The smallest absolute Gasteiger partial charge is 0.178 e. The average molecular weight is 225 g/mol. The Balaban J connectivity index is 2.70. The lowest BCUT2D eigenvalue weighted by Crippen LogP contribution is -2.36. The summed E-state index contributed by atoms with van der Waals surface area (Å²) < 4.78 is 2.17. The van der Waals surface area contributed by atoms with E-state index in [0.717, 1.165) is 18.5 Å². The molecule has 1 heterocycles. The Kier molecular flexibility index (Phi) is 4.90. The maximum Gasteiger partial charge on any atom is 0.178 e. The summed E-state index contributed by atoms with van der Waals surface area (Å²) in [6.45, 7) is 10.3. The molecular formula is C15H17N2+. The molecular weight excluding hydrogens is 208 g/mol. The van der Waals surface area contributed by atoms with Gasteiger partial charge < -0.3 is 0 Å². The topological polar surface area (TPSA) is 27.7 Å². The van der Waals surface area contributed by atoms with Crippen molar-refractivity contribution in [1.82, 2.24) is 0 Å². The third kappa shape index (κ3) is 4.08. The van der Waals surface area contributed by atoms with Gasteiger partial charge in [0.25, 0.3) is 0 Å². The highest BCUT2D eigenvalue weighted by Crippen LogP contribution is 2.06. The number of aromatic nitrogens is 1. The van der Waals surface area contributed by atoms with E-state index in [1.54, 1.807) is 12.2 Å². The molecule has 0 fully saturated rings. The first-order chi connectivity index (χ1) is 8.17. The molecule has 0 aliphatic rings. The van der Waals surface area contributed by atoms with Crippen molar-refractivity contribution >= 4 is 0 Å². The highest BCUT2D eigenvalue weighted by Gasteiger charge is 2.04. The van der Waals surface area contributed by atoms with Crippen molar-refractivity contribution in [3.63, 3.8) is 0 Å². The van der Waals surface area contributed by atoms with Crippen LogP contribution in [0.5, 0.6) is 0 Å². The van der Waals surface area contributed by atoms with E-state index in [4.69, 9.17) is 5.26 Å².